The van der Waals surface area contributed by atoms with Crippen molar-refractivity contribution in [3.8, 4) is 0 Å². The lowest BCUT2D eigenvalue weighted by Crippen LogP contribution is -2.30. The zero-order valence-corrected chi connectivity index (χ0v) is 19.1. The molecule has 0 radical (unpaired) electrons. The Morgan fingerprint density at radius 2 is 1.67 bits per heavy atom. The highest BCUT2D eigenvalue weighted by atomic mass is 32.2. The van der Waals surface area contributed by atoms with Crippen molar-refractivity contribution in [1.29, 1.82) is 0 Å². The van der Waals surface area contributed by atoms with E-state index >= 15 is 0 Å². The molecule has 0 bridgehead atoms. The first kappa shape index (κ1) is 23.0. The minimum atomic E-state index is -3.82. The van der Waals surface area contributed by atoms with E-state index in [1.54, 1.807) is 0 Å². The number of nitrogens with zero attached hydrogens (tertiary/aromatic N) is 3. The highest BCUT2D eigenvalue weighted by Gasteiger charge is 2.38. The molecule has 1 aliphatic heterocycles. The van der Waals surface area contributed by atoms with Gasteiger partial charge in [0.1, 0.15) is 10.8 Å². The van der Waals surface area contributed by atoms with Crippen molar-refractivity contribution in [2.45, 2.75) is 30.7 Å². The largest absolute Gasteiger partial charge is 0.326 e. The highest BCUT2D eigenvalue weighted by Crippen LogP contribution is 2.38. The Morgan fingerprint density at radius 1 is 1.03 bits per heavy atom. The summed E-state index contributed by atoms with van der Waals surface area (Å²) in [6.45, 7) is 1.69. The Labute approximate surface area is 193 Å². The standard InChI is InChI=1S/C21H20FN5O4S2/c1-13(28)23-15-8-10-17(11-9-15)33(30,31)27-12-2-3-18(27)20-25-26-21(32-20)19(29)24-16-6-4-14(22)5-7-16/h4-11,18H,2-3,12H2,1H3,(H,23,28)(H,24,29)/t18-/m1/s1. The second kappa shape index (κ2) is 9.33. The summed E-state index contributed by atoms with van der Waals surface area (Å²) in [7, 11) is -3.82. The first-order chi connectivity index (χ1) is 15.7. The van der Waals surface area contributed by atoms with Crippen LogP contribution in [0.1, 0.15) is 40.6 Å². The number of amides is 2. The first-order valence-corrected chi connectivity index (χ1v) is 12.3. The van der Waals surface area contributed by atoms with Gasteiger partial charge in [-0.2, -0.15) is 4.31 Å². The molecule has 2 heterocycles. The van der Waals surface area contributed by atoms with Crippen LogP contribution in [0.25, 0.3) is 0 Å². The van der Waals surface area contributed by atoms with Gasteiger partial charge in [-0.15, -0.1) is 10.2 Å². The van der Waals surface area contributed by atoms with Gasteiger partial charge in [0.2, 0.25) is 20.9 Å². The summed E-state index contributed by atoms with van der Waals surface area (Å²) in [5.41, 5.74) is 0.909. The van der Waals surface area contributed by atoms with Crippen LogP contribution in [0.4, 0.5) is 15.8 Å². The molecule has 2 N–H and O–H groups in total. The van der Waals surface area contributed by atoms with Gasteiger partial charge in [0.05, 0.1) is 10.9 Å². The van der Waals surface area contributed by atoms with E-state index in [0.29, 0.717) is 35.8 Å². The normalized spacial score (nSPS) is 16.5. The van der Waals surface area contributed by atoms with Crippen molar-refractivity contribution in [2.24, 2.45) is 0 Å². The maximum absolute atomic E-state index is 13.2. The van der Waals surface area contributed by atoms with Gasteiger partial charge in [0.25, 0.3) is 5.91 Å². The maximum atomic E-state index is 13.2. The summed E-state index contributed by atoms with van der Waals surface area (Å²) in [5.74, 6) is -1.18. The van der Waals surface area contributed by atoms with Crippen molar-refractivity contribution in [3.63, 3.8) is 0 Å². The fourth-order valence-corrected chi connectivity index (χ4v) is 6.12. The van der Waals surface area contributed by atoms with Crippen molar-refractivity contribution in [2.75, 3.05) is 17.2 Å². The number of nitrogens with one attached hydrogen (secondary N) is 2. The molecule has 3 aromatic rings. The molecule has 1 atom stereocenters. The summed E-state index contributed by atoms with van der Waals surface area (Å²) in [4.78, 5) is 23.8. The summed E-state index contributed by atoms with van der Waals surface area (Å²) in [6, 6.07) is 10.7. The second-order valence-electron chi connectivity index (χ2n) is 7.39. The second-order valence-corrected chi connectivity index (χ2v) is 10.3. The smallest absolute Gasteiger partial charge is 0.286 e. The van der Waals surface area contributed by atoms with Gasteiger partial charge in [-0.05, 0) is 61.4 Å². The van der Waals surface area contributed by atoms with Crippen LogP contribution < -0.4 is 10.6 Å². The van der Waals surface area contributed by atoms with E-state index in [0.717, 1.165) is 11.3 Å². The van der Waals surface area contributed by atoms with Gasteiger partial charge in [0.15, 0.2) is 0 Å². The number of anilines is 2. The molecule has 0 spiro atoms. The van der Waals surface area contributed by atoms with Crippen molar-refractivity contribution in [1.82, 2.24) is 14.5 Å². The van der Waals surface area contributed by atoms with Crippen LogP contribution >= 0.6 is 11.3 Å². The predicted molar refractivity (Wildman–Crippen MR) is 121 cm³/mol. The number of sulfonamides is 1. The number of halogens is 1. The lowest BCUT2D eigenvalue weighted by atomic mass is 10.2. The Morgan fingerprint density at radius 3 is 2.33 bits per heavy atom. The molecule has 1 fully saturated rings. The summed E-state index contributed by atoms with van der Waals surface area (Å²) < 4.78 is 40.9. The number of aromatic nitrogens is 2. The van der Waals surface area contributed by atoms with Gasteiger partial charge in [-0.3, -0.25) is 9.59 Å². The van der Waals surface area contributed by atoms with Crippen LogP contribution in [0.3, 0.4) is 0 Å². The number of hydrogen-bond donors (Lipinski definition) is 2. The molecule has 1 aromatic heterocycles. The van der Waals surface area contributed by atoms with Crippen molar-refractivity contribution < 1.29 is 22.4 Å². The van der Waals surface area contributed by atoms with Crippen molar-refractivity contribution in [3.05, 3.63) is 64.4 Å². The molecule has 4 rings (SSSR count). The summed E-state index contributed by atoms with van der Waals surface area (Å²) in [5, 5.41) is 13.7. The van der Waals surface area contributed by atoms with E-state index < -0.39 is 27.8 Å². The summed E-state index contributed by atoms with van der Waals surface area (Å²) in [6.07, 6.45) is 1.20. The van der Waals surface area contributed by atoms with E-state index in [1.807, 2.05) is 0 Å². The van der Waals surface area contributed by atoms with Gasteiger partial charge >= 0.3 is 0 Å². The topological polar surface area (TPSA) is 121 Å². The molecular formula is C21H20FN5O4S2. The summed E-state index contributed by atoms with van der Waals surface area (Å²) >= 11 is 1.02. The number of carbonyl (C=O) groups is 2. The number of hydrogen-bond acceptors (Lipinski definition) is 7. The lowest BCUT2D eigenvalue weighted by molar-refractivity contribution is -0.114. The maximum Gasteiger partial charge on any atom is 0.286 e. The van der Waals surface area contributed by atoms with Gasteiger partial charge < -0.3 is 10.6 Å². The molecule has 172 valence electrons. The zero-order chi connectivity index (χ0) is 23.6. The molecule has 1 aliphatic rings. The molecular weight excluding hydrogens is 469 g/mol. The van der Waals surface area contributed by atoms with Gasteiger partial charge in [-0.25, -0.2) is 12.8 Å². The van der Waals surface area contributed by atoms with Crippen LogP contribution in [-0.4, -0.2) is 41.3 Å². The van der Waals surface area contributed by atoms with E-state index in [4.69, 9.17) is 0 Å². The van der Waals surface area contributed by atoms with Crippen LogP contribution in [0, 0.1) is 5.82 Å². The molecule has 33 heavy (non-hydrogen) atoms. The minimum Gasteiger partial charge on any atom is -0.326 e. The number of carbonyl (C=O) groups excluding carboxylic acids is 2. The fourth-order valence-electron chi connectivity index (χ4n) is 3.50. The number of rotatable bonds is 6. The molecule has 1 saturated heterocycles. The Kier molecular flexibility index (Phi) is 6.49. The third kappa shape index (κ3) is 5.07. The van der Waals surface area contributed by atoms with Crippen LogP contribution in [0.15, 0.2) is 53.4 Å². The molecule has 0 unspecified atom stereocenters. The zero-order valence-electron chi connectivity index (χ0n) is 17.5. The molecule has 12 heteroatoms. The van der Waals surface area contributed by atoms with Crippen molar-refractivity contribution >= 4 is 44.5 Å². The number of benzene rings is 2. The van der Waals surface area contributed by atoms with E-state index in [1.165, 1.54) is 59.8 Å². The first-order valence-electron chi connectivity index (χ1n) is 10.0. The van der Waals surface area contributed by atoms with E-state index in [9.17, 15) is 22.4 Å². The Bertz CT molecular complexity index is 1280. The van der Waals surface area contributed by atoms with Gasteiger partial charge in [0, 0.05) is 24.8 Å². The average molecular weight is 490 g/mol. The van der Waals surface area contributed by atoms with Gasteiger partial charge in [-0.1, -0.05) is 11.3 Å². The van der Waals surface area contributed by atoms with Crippen LogP contribution in [-0.2, 0) is 14.8 Å². The quantitative estimate of drug-likeness (QED) is 0.547. The lowest BCUT2D eigenvalue weighted by Gasteiger charge is -2.22. The third-order valence-corrected chi connectivity index (χ3v) is 7.95. The minimum absolute atomic E-state index is 0.0817. The van der Waals surface area contributed by atoms with Crippen LogP contribution in [0.5, 0.6) is 0 Å². The average Bonchev–Trinajstić information content (AvgIpc) is 3.45. The predicted octanol–water partition coefficient (Wildman–Crippen LogP) is 3.41. The molecule has 0 aliphatic carbocycles. The Balaban J connectivity index is 1.51. The third-order valence-electron chi connectivity index (χ3n) is 5.01. The fraction of sp³-hybridized carbons (Fsp3) is 0.238. The van der Waals surface area contributed by atoms with E-state index in [-0.39, 0.29) is 15.8 Å². The molecule has 0 saturated carbocycles. The molecule has 2 aromatic carbocycles. The SMILES string of the molecule is CC(=O)Nc1ccc(S(=O)(=O)N2CCC[C@@H]2c2nnc(C(=O)Nc3ccc(F)cc3)s2)cc1. The molecule has 9 nitrogen and oxygen atoms in total. The highest BCUT2D eigenvalue weighted by molar-refractivity contribution is 7.89. The Hall–Kier alpha value is -3.22. The van der Waals surface area contributed by atoms with E-state index in [2.05, 4.69) is 20.8 Å². The van der Waals surface area contributed by atoms with Crippen LogP contribution in [0.2, 0.25) is 0 Å². The molecule has 2 amide bonds. The monoisotopic (exact) mass is 489 g/mol.